The average molecular weight is 448 g/mol. The van der Waals surface area contributed by atoms with Gasteiger partial charge in [-0.25, -0.2) is 4.79 Å². The van der Waals surface area contributed by atoms with Crippen LogP contribution in [0, 0.1) is 5.92 Å². The summed E-state index contributed by atoms with van der Waals surface area (Å²) in [5, 5.41) is 0. The normalized spacial score (nSPS) is 12.3. The number of unbranched alkanes of at least 4 members (excludes halogenated alkanes) is 3. The number of hydrogen-bond acceptors (Lipinski definition) is 4. The van der Waals surface area contributed by atoms with Crippen molar-refractivity contribution < 1.29 is 19.1 Å². The predicted molar refractivity (Wildman–Crippen MR) is 132 cm³/mol. The Morgan fingerprint density at radius 3 is 2.22 bits per heavy atom. The highest BCUT2D eigenvalue weighted by Gasteiger charge is 2.36. The molecule has 1 aromatic carbocycles. The Labute approximate surface area is 195 Å². The molecule has 5 nitrogen and oxygen atoms in total. The van der Waals surface area contributed by atoms with Crippen LogP contribution in [0.25, 0.3) is 0 Å². The SMILES string of the molecule is CCCCOC(=O)N(CCCC)c1ccccc1C(C)(C)C(=O)OCC(CC)CCCC. The van der Waals surface area contributed by atoms with Crippen molar-refractivity contribution in [1.29, 1.82) is 0 Å². The Bertz CT molecular complexity index is 686. The molecule has 182 valence electrons. The topological polar surface area (TPSA) is 55.8 Å². The van der Waals surface area contributed by atoms with E-state index < -0.39 is 5.41 Å². The van der Waals surface area contributed by atoms with Crippen LogP contribution in [0.1, 0.15) is 98.5 Å². The van der Waals surface area contributed by atoms with Crippen molar-refractivity contribution in [2.75, 3.05) is 24.7 Å². The molecule has 1 amide bonds. The highest BCUT2D eigenvalue weighted by molar-refractivity contribution is 5.92. The van der Waals surface area contributed by atoms with Crippen molar-refractivity contribution in [3.05, 3.63) is 29.8 Å². The zero-order chi connectivity index (χ0) is 24.0. The van der Waals surface area contributed by atoms with Gasteiger partial charge in [-0.2, -0.15) is 0 Å². The Kier molecular flexibility index (Phi) is 13.0. The predicted octanol–water partition coefficient (Wildman–Crippen LogP) is 7.27. The molecule has 0 N–H and O–H groups in total. The van der Waals surface area contributed by atoms with E-state index in [0.29, 0.717) is 25.7 Å². The van der Waals surface area contributed by atoms with Crippen LogP contribution in [0.15, 0.2) is 24.3 Å². The lowest BCUT2D eigenvalue weighted by molar-refractivity contribution is -0.150. The van der Waals surface area contributed by atoms with Crippen LogP contribution >= 0.6 is 0 Å². The standard InChI is InChI=1S/C27H45NO4/c1-7-11-16-22(10-4)21-32-25(29)27(5,6)23-17-14-15-18-24(23)28(19-12-8-2)26(30)31-20-13-9-3/h14-15,17-18,22H,7-13,16,19-21H2,1-6H3. The molecule has 1 rings (SSSR count). The number of hydrogen-bond donors (Lipinski definition) is 0. The summed E-state index contributed by atoms with van der Waals surface area (Å²) in [6.45, 7) is 13.6. The second-order valence-corrected chi connectivity index (χ2v) is 9.13. The van der Waals surface area contributed by atoms with Gasteiger partial charge in [-0.1, -0.05) is 78.0 Å². The van der Waals surface area contributed by atoms with E-state index in [0.717, 1.165) is 62.6 Å². The maximum atomic E-state index is 13.2. The van der Waals surface area contributed by atoms with Crippen LogP contribution in [0.4, 0.5) is 10.5 Å². The van der Waals surface area contributed by atoms with Gasteiger partial charge in [0, 0.05) is 6.54 Å². The van der Waals surface area contributed by atoms with Gasteiger partial charge in [0.1, 0.15) is 0 Å². The number of carbonyl (C=O) groups is 2. The average Bonchev–Trinajstić information content (AvgIpc) is 2.79. The summed E-state index contributed by atoms with van der Waals surface area (Å²) in [6.07, 6.45) is 7.64. The van der Waals surface area contributed by atoms with Crippen LogP contribution in [0.5, 0.6) is 0 Å². The van der Waals surface area contributed by atoms with Crippen molar-refractivity contribution in [3.63, 3.8) is 0 Å². The van der Waals surface area contributed by atoms with Crippen LogP contribution in [0.2, 0.25) is 0 Å². The zero-order valence-corrected chi connectivity index (χ0v) is 21.2. The summed E-state index contributed by atoms with van der Waals surface area (Å²) in [4.78, 5) is 27.8. The minimum absolute atomic E-state index is 0.255. The summed E-state index contributed by atoms with van der Waals surface area (Å²) in [5.41, 5.74) is 0.630. The summed E-state index contributed by atoms with van der Waals surface area (Å²) >= 11 is 0. The van der Waals surface area contributed by atoms with Crippen LogP contribution < -0.4 is 4.90 Å². The van der Waals surface area contributed by atoms with Crippen molar-refractivity contribution >= 4 is 17.7 Å². The van der Waals surface area contributed by atoms with Gasteiger partial charge in [0.15, 0.2) is 0 Å². The van der Waals surface area contributed by atoms with E-state index in [-0.39, 0.29) is 12.1 Å². The molecular formula is C27H45NO4. The summed E-state index contributed by atoms with van der Waals surface area (Å²) in [6, 6.07) is 7.63. The first-order valence-electron chi connectivity index (χ1n) is 12.5. The number of nitrogens with zero attached hydrogens (tertiary/aromatic N) is 1. The number of rotatable bonds is 15. The molecule has 0 saturated carbocycles. The van der Waals surface area contributed by atoms with Crippen molar-refractivity contribution in [2.24, 2.45) is 5.92 Å². The van der Waals surface area contributed by atoms with Gasteiger partial charge in [0.2, 0.25) is 0 Å². The molecule has 0 saturated heterocycles. The Balaban J connectivity index is 3.09. The zero-order valence-electron chi connectivity index (χ0n) is 21.2. The van der Waals surface area contributed by atoms with E-state index >= 15 is 0 Å². The van der Waals surface area contributed by atoms with Gasteiger partial charge in [-0.05, 0) is 50.7 Å². The first kappa shape index (κ1) is 28.0. The number of esters is 1. The van der Waals surface area contributed by atoms with Crippen LogP contribution in [-0.4, -0.2) is 31.8 Å². The first-order valence-corrected chi connectivity index (χ1v) is 12.5. The molecule has 0 aliphatic rings. The molecule has 0 fully saturated rings. The number of anilines is 1. The van der Waals surface area contributed by atoms with E-state index in [9.17, 15) is 9.59 Å². The van der Waals surface area contributed by atoms with E-state index in [1.165, 1.54) is 0 Å². The summed E-state index contributed by atoms with van der Waals surface area (Å²) in [7, 11) is 0. The largest absolute Gasteiger partial charge is 0.465 e. The van der Waals surface area contributed by atoms with Crippen LogP contribution in [-0.2, 0) is 19.7 Å². The molecule has 0 radical (unpaired) electrons. The molecule has 0 aromatic heterocycles. The summed E-state index contributed by atoms with van der Waals surface area (Å²) < 4.78 is 11.3. The number of amides is 1. The van der Waals surface area contributed by atoms with Crippen molar-refractivity contribution in [1.82, 2.24) is 0 Å². The number of carbonyl (C=O) groups excluding carboxylic acids is 2. The molecule has 0 bridgehead atoms. The van der Waals surface area contributed by atoms with Gasteiger partial charge in [-0.3, -0.25) is 9.69 Å². The van der Waals surface area contributed by atoms with Gasteiger partial charge in [-0.15, -0.1) is 0 Å². The fourth-order valence-electron chi connectivity index (χ4n) is 3.63. The van der Waals surface area contributed by atoms with Gasteiger partial charge in [0.05, 0.1) is 24.3 Å². The molecule has 32 heavy (non-hydrogen) atoms. The van der Waals surface area contributed by atoms with E-state index in [4.69, 9.17) is 9.47 Å². The maximum Gasteiger partial charge on any atom is 0.414 e. The molecule has 0 aliphatic carbocycles. The van der Waals surface area contributed by atoms with Gasteiger partial charge < -0.3 is 9.47 Å². The minimum atomic E-state index is -0.881. The molecular weight excluding hydrogens is 402 g/mol. The molecule has 0 aliphatic heterocycles. The van der Waals surface area contributed by atoms with Crippen LogP contribution in [0.3, 0.4) is 0 Å². The quantitative estimate of drug-likeness (QED) is 0.210. The Hall–Kier alpha value is -2.04. The van der Waals surface area contributed by atoms with Gasteiger partial charge in [0.25, 0.3) is 0 Å². The molecule has 0 heterocycles. The third-order valence-electron chi connectivity index (χ3n) is 6.05. The second kappa shape index (κ2) is 14.9. The fraction of sp³-hybridized carbons (Fsp3) is 0.704. The Morgan fingerprint density at radius 2 is 1.59 bits per heavy atom. The highest BCUT2D eigenvalue weighted by atomic mass is 16.6. The lowest BCUT2D eigenvalue weighted by Crippen LogP contribution is -2.38. The number of benzene rings is 1. The first-order chi connectivity index (χ1) is 15.3. The third-order valence-corrected chi connectivity index (χ3v) is 6.05. The maximum absolute atomic E-state index is 13.2. The monoisotopic (exact) mass is 447 g/mol. The van der Waals surface area contributed by atoms with E-state index in [1.54, 1.807) is 4.90 Å². The Morgan fingerprint density at radius 1 is 0.938 bits per heavy atom. The molecule has 5 heteroatoms. The van der Waals surface area contributed by atoms with Crippen molar-refractivity contribution in [2.45, 2.75) is 98.3 Å². The lowest BCUT2D eigenvalue weighted by Gasteiger charge is -2.31. The number of ether oxygens (including phenoxy) is 2. The second-order valence-electron chi connectivity index (χ2n) is 9.13. The fourth-order valence-corrected chi connectivity index (χ4v) is 3.63. The molecule has 1 atom stereocenters. The molecule has 1 aromatic rings. The van der Waals surface area contributed by atoms with E-state index in [2.05, 4.69) is 27.7 Å². The third kappa shape index (κ3) is 8.48. The molecule has 0 spiro atoms. The smallest absolute Gasteiger partial charge is 0.414 e. The number of para-hydroxylation sites is 1. The molecule has 1 unspecified atom stereocenters. The van der Waals surface area contributed by atoms with E-state index in [1.807, 2.05) is 38.1 Å². The lowest BCUT2D eigenvalue weighted by atomic mass is 9.83. The summed E-state index contributed by atoms with van der Waals surface area (Å²) in [5.74, 6) is 0.134. The minimum Gasteiger partial charge on any atom is -0.465 e. The van der Waals surface area contributed by atoms with Gasteiger partial charge >= 0.3 is 12.1 Å². The van der Waals surface area contributed by atoms with Crippen molar-refractivity contribution in [3.8, 4) is 0 Å². The highest BCUT2D eigenvalue weighted by Crippen LogP contribution is 2.34.